The van der Waals surface area contributed by atoms with E-state index in [4.69, 9.17) is 15.2 Å². The first kappa shape index (κ1) is 27.5. The molecule has 0 bridgehead atoms. The summed E-state index contributed by atoms with van der Waals surface area (Å²) in [4.78, 5) is 27.5. The molecule has 0 aliphatic heterocycles. The molecular weight excluding hydrogens is 499 g/mol. The highest BCUT2D eigenvalue weighted by molar-refractivity contribution is 5.97. The molecule has 2 N–H and O–H groups in total. The summed E-state index contributed by atoms with van der Waals surface area (Å²) >= 11 is 0. The summed E-state index contributed by atoms with van der Waals surface area (Å²) in [6, 6.07) is 11.7. The molecular formula is C27H30F3N5O3. The van der Waals surface area contributed by atoms with Crippen LogP contribution in [-0.4, -0.2) is 58.9 Å². The van der Waals surface area contributed by atoms with Crippen molar-refractivity contribution in [1.82, 2.24) is 15.0 Å². The van der Waals surface area contributed by atoms with Crippen molar-refractivity contribution in [2.45, 2.75) is 50.6 Å². The third-order valence-corrected chi connectivity index (χ3v) is 6.73. The number of amides is 1. The molecule has 0 unspecified atom stereocenters. The minimum atomic E-state index is -4.47. The predicted molar refractivity (Wildman–Crippen MR) is 135 cm³/mol. The van der Waals surface area contributed by atoms with Crippen molar-refractivity contribution in [2.75, 3.05) is 18.6 Å². The molecule has 0 radical (unpaired) electrons. The molecule has 3 aromatic rings. The fourth-order valence-corrected chi connectivity index (χ4v) is 4.07. The number of methoxy groups -OCH3 is 1. The minimum Gasteiger partial charge on any atom is -0.465 e. The van der Waals surface area contributed by atoms with Gasteiger partial charge >= 0.3 is 6.18 Å². The SMILES string of the molecule is CO[C@H](C)[C@H](N)CN(C(=O)[C@@H]1C[C@H]1c1ccncn1)c1ccc(-c2ccc(O[C@@H](C)C(F)(F)F)nc2)cc1. The van der Waals surface area contributed by atoms with E-state index in [-0.39, 0.29) is 36.3 Å². The highest BCUT2D eigenvalue weighted by Crippen LogP contribution is 2.48. The van der Waals surface area contributed by atoms with Gasteiger partial charge in [-0.15, -0.1) is 0 Å². The lowest BCUT2D eigenvalue weighted by atomic mass is 10.1. The van der Waals surface area contributed by atoms with Gasteiger partial charge in [-0.25, -0.2) is 15.0 Å². The normalized spacial score (nSPS) is 19.3. The molecule has 8 nitrogen and oxygen atoms in total. The molecule has 1 saturated carbocycles. The summed E-state index contributed by atoms with van der Waals surface area (Å²) in [6.07, 6.45) is -1.40. The zero-order valence-electron chi connectivity index (χ0n) is 21.3. The maximum Gasteiger partial charge on any atom is 0.425 e. The van der Waals surface area contributed by atoms with Crippen LogP contribution in [0.2, 0.25) is 0 Å². The van der Waals surface area contributed by atoms with E-state index in [1.54, 1.807) is 24.3 Å². The summed E-state index contributed by atoms with van der Waals surface area (Å²) in [7, 11) is 1.58. The Morgan fingerprint density at radius 1 is 1.11 bits per heavy atom. The van der Waals surface area contributed by atoms with Crippen molar-refractivity contribution in [1.29, 1.82) is 0 Å². The van der Waals surface area contributed by atoms with E-state index in [0.29, 0.717) is 17.7 Å². The van der Waals surface area contributed by atoms with Gasteiger partial charge < -0.3 is 20.1 Å². The minimum absolute atomic E-state index is 0.0372. The van der Waals surface area contributed by atoms with Crippen molar-refractivity contribution in [3.8, 4) is 17.0 Å². The number of anilines is 1. The molecule has 1 amide bonds. The lowest BCUT2D eigenvalue weighted by Gasteiger charge is -2.29. The van der Waals surface area contributed by atoms with E-state index in [2.05, 4.69) is 15.0 Å². The number of nitrogens with zero attached hydrogens (tertiary/aromatic N) is 4. The van der Waals surface area contributed by atoms with Crippen molar-refractivity contribution in [3.63, 3.8) is 0 Å². The first-order valence-corrected chi connectivity index (χ1v) is 12.2. The zero-order valence-corrected chi connectivity index (χ0v) is 21.3. The Balaban J connectivity index is 1.51. The van der Waals surface area contributed by atoms with Crippen LogP contribution in [0.5, 0.6) is 5.88 Å². The summed E-state index contributed by atoms with van der Waals surface area (Å²) in [5, 5.41) is 0. The second-order valence-electron chi connectivity index (χ2n) is 9.37. The Labute approximate surface area is 219 Å². The predicted octanol–water partition coefficient (Wildman–Crippen LogP) is 4.37. The first-order valence-electron chi connectivity index (χ1n) is 12.2. The van der Waals surface area contributed by atoms with Gasteiger partial charge in [0.25, 0.3) is 0 Å². The van der Waals surface area contributed by atoms with Crippen molar-refractivity contribution < 1.29 is 27.4 Å². The largest absolute Gasteiger partial charge is 0.465 e. The number of aromatic nitrogens is 3. The third kappa shape index (κ3) is 6.46. The maximum atomic E-state index is 13.6. The van der Waals surface area contributed by atoms with Crippen LogP contribution in [0.4, 0.5) is 18.9 Å². The fraction of sp³-hybridized carbons (Fsp3) is 0.407. The van der Waals surface area contributed by atoms with Crippen LogP contribution in [-0.2, 0) is 9.53 Å². The molecule has 0 spiro atoms. The molecule has 1 aromatic carbocycles. The van der Waals surface area contributed by atoms with Crippen LogP contribution >= 0.6 is 0 Å². The standard InChI is InChI=1S/C27H30F3N5O3/c1-16(37-3)23(31)14-35(26(36)22-12-21(22)24-10-11-32-15-34-24)20-7-4-18(5-8-20)19-6-9-25(33-13-19)38-17(2)27(28,29)30/h4-11,13,15-17,21-23H,12,14,31H2,1-3H3/t16-,17+,21-,22-,23-/m1/s1. The van der Waals surface area contributed by atoms with Crippen molar-refractivity contribution >= 4 is 11.6 Å². The number of pyridine rings is 1. The molecule has 5 atom stereocenters. The quantitative estimate of drug-likeness (QED) is 0.416. The van der Waals surface area contributed by atoms with E-state index < -0.39 is 18.3 Å². The second kappa shape index (κ2) is 11.4. The van der Waals surface area contributed by atoms with Crippen LogP contribution in [0.15, 0.2) is 61.2 Å². The smallest absolute Gasteiger partial charge is 0.425 e. The molecule has 2 aromatic heterocycles. The monoisotopic (exact) mass is 529 g/mol. The lowest BCUT2D eigenvalue weighted by Crippen LogP contribution is -2.47. The Morgan fingerprint density at radius 3 is 2.39 bits per heavy atom. The third-order valence-electron chi connectivity index (χ3n) is 6.73. The molecule has 4 rings (SSSR count). The molecule has 1 aliphatic carbocycles. The molecule has 0 saturated heterocycles. The van der Waals surface area contributed by atoms with E-state index in [1.165, 1.54) is 18.6 Å². The maximum absolute atomic E-state index is 13.6. The topological polar surface area (TPSA) is 103 Å². The number of halogens is 3. The van der Waals surface area contributed by atoms with Crippen molar-refractivity contribution in [3.05, 3.63) is 66.9 Å². The van der Waals surface area contributed by atoms with Gasteiger partial charge in [-0.1, -0.05) is 12.1 Å². The molecule has 2 heterocycles. The number of ether oxygens (including phenoxy) is 2. The molecule has 1 aliphatic rings. The van der Waals surface area contributed by atoms with Gasteiger partial charge in [0.05, 0.1) is 6.10 Å². The second-order valence-corrected chi connectivity index (χ2v) is 9.37. The number of alkyl halides is 3. The van der Waals surface area contributed by atoms with E-state index in [0.717, 1.165) is 18.2 Å². The molecule has 202 valence electrons. The first-order chi connectivity index (χ1) is 18.1. The number of hydrogen-bond acceptors (Lipinski definition) is 7. The van der Waals surface area contributed by atoms with E-state index in [1.807, 2.05) is 37.3 Å². The number of nitrogens with two attached hydrogens (primary N) is 1. The summed E-state index contributed by atoms with van der Waals surface area (Å²) < 4.78 is 48.5. The molecule has 11 heteroatoms. The van der Waals surface area contributed by atoms with E-state index >= 15 is 0 Å². The van der Waals surface area contributed by atoms with Gasteiger partial charge in [-0.05, 0) is 50.1 Å². The summed E-state index contributed by atoms with van der Waals surface area (Å²) in [5.74, 6) is -0.321. The fourth-order valence-electron chi connectivity index (χ4n) is 4.07. The number of rotatable bonds is 10. The Kier molecular flexibility index (Phi) is 8.27. The average Bonchev–Trinajstić information content (AvgIpc) is 3.72. The Hall–Kier alpha value is -3.57. The van der Waals surface area contributed by atoms with Gasteiger partial charge in [-0.2, -0.15) is 13.2 Å². The lowest BCUT2D eigenvalue weighted by molar-refractivity contribution is -0.189. The zero-order chi connectivity index (χ0) is 27.4. The number of hydrogen-bond donors (Lipinski definition) is 1. The summed E-state index contributed by atoms with van der Waals surface area (Å²) in [5.41, 5.74) is 9.33. The highest BCUT2D eigenvalue weighted by atomic mass is 19.4. The van der Waals surface area contributed by atoms with Crippen LogP contribution < -0.4 is 15.4 Å². The number of benzene rings is 1. The van der Waals surface area contributed by atoms with Gasteiger partial charge in [0.1, 0.15) is 6.33 Å². The molecule has 1 fully saturated rings. The van der Waals surface area contributed by atoms with Gasteiger partial charge in [0, 0.05) is 66.9 Å². The number of carbonyl (C=O) groups excluding carboxylic acids is 1. The van der Waals surface area contributed by atoms with Crippen LogP contribution in [0, 0.1) is 5.92 Å². The summed E-state index contributed by atoms with van der Waals surface area (Å²) in [6.45, 7) is 3.05. The van der Waals surface area contributed by atoms with Crippen LogP contribution in [0.1, 0.15) is 31.9 Å². The number of carbonyl (C=O) groups is 1. The van der Waals surface area contributed by atoms with Crippen LogP contribution in [0.25, 0.3) is 11.1 Å². The average molecular weight is 530 g/mol. The highest BCUT2D eigenvalue weighted by Gasteiger charge is 2.47. The van der Waals surface area contributed by atoms with Crippen molar-refractivity contribution in [2.24, 2.45) is 11.7 Å². The van der Waals surface area contributed by atoms with Gasteiger partial charge in [-0.3, -0.25) is 4.79 Å². The van der Waals surface area contributed by atoms with E-state index in [9.17, 15) is 18.0 Å². The molecule has 38 heavy (non-hydrogen) atoms. The van der Waals surface area contributed by atoms with Gasteiger partial charge in [0.15, 0.2) is 6.10 Å². The Bertz CT molecular complexity index is 1210. The van der Waals surface area contributed by atoms with Gasteiger partial charge in [0.2, 0.25) is 11.8 Å². The Morgan fingerprint density at radius 2 is 1.82 bits per heavy atom. The van der Waals surface area contributed by atoms with Crippen LogP contribution in [0.3, 0.4) is 0 Å².